The molecule has 170 valence electrons. The van der Waals surface area contributed by atoms with Crippen molar-refractivity contribution in [3.63, 3.8) is 0 Å². The molecule has 5 rings (SSSR count). The van der Waals surface area contributed by atoms with Gasteiger partial charge in [0, 0.05) is 37.9 Å². The predicted molar refractivity (Wildman–Crippen MR) is 125 cm³/mol. The number of benzene rings is 1. The van der Waals surface area contributed by atoms with Gasteiger partial charge in [-0.05, 0) is 68.3 Å². The van der Waals surface area contributed by atoms with Crippen molar-refractivity contribution in [2.75, 3.05) is 56.2 Å². The minimum atomic E-state index is -0.186. The first-order valence-corrected chi connectivity index (χ1v) is 11.9. The summed E-state index contributed by atoms with van der Waals surface area (Å²) in [5.74, 6) is 1.37. The first-order valence-electron chi connectivity index (χ1n) is 11.9. The van der Waals surface area contributed by atoms with Gasteiger partial charge in [-0.3, -0.25) is 9.69 Å². The second-order valence-electron chi connectivity index (χ2n) is 8.84. The summed E-state index contributed by atoms with van der Waals surface area (Å²) in [6, 6.07) is 10.5. The highest BCUT2D eigenvalue weighted by molar-refractivity contribution is 5.94. The fraction of sp³-hybridized carbons (Fsp3) is 0.520. The number of pyridine rings is 1. The summed E-state index contributed by atoms with van der Waals surface area (Å²) in [5.41, 5.74) is 4.65. The number of aryl methyl sites for hydroxylation is 1. The van der Waals surface area contributed by atoms with Crippen LogP contribution in [0.3, 0.4) is 0 Å². The summed E-state index contributed by atoms with van der Waals surface area (Å²) < 4.78 is 11.1. The van der Waals surface area contributed by atoms with Gasteiger partial charge < -0.3 is 19.7 Å². The van der Waals surface area contributed by atoms with Gasteiger partial charge in [0.25, 0.3) is 5.91 Å². The number of rotatable bonds is 7. The maximum atomic E-state index is 11.4. The van der Waals surface area contributed by atoms with Crippen molar-refractivity contribution in [1.29, 1.82) is 0 Å². The SMILES string of the molecule is O=C1COc2ccc(OCCCCN3CCN(c4cccc5c4CCCC5)CC3)nc2N1. The number of hydrogen-bond donors (Lipinski definition) is 1. The van der Waals surface area contributed by atoms with E-state index in [2.05, 4.69) is 38.3 Å². The number of fused-ring (bicyclic) bond motifs is 2. The summed E-state index contributed by atoms with van der Waals surface area (Å²) in [6.45, 7) is 6.23. The van der Waals surface area contributed by atoms with E-state index in [-0.39, 0.29) is 12.5 Å². The molecule has 32 heavy (non-hydrogen) atoms. The van der Waals surface area contributed by atoms with Crippen LogP contribution in [-0.4, -0.2) is 61.7 Å². The van der Waals surface area contributed by atoms with Gasteiger partial charge in [0.05, 0.1) is 6.61 Å². The van der Waals surface area contributed by atoms with Crippen molar-refractivity contribution in [3.05, 3.63) is 41.5 Å². The molecule has 7 nitrogen and oxygen atoms in total. The number of carbonyl (C=O) groups is 1. The standard InChI is InChI=1S/C25H32N4O3/c30-23-18-32-22-10-11-24(27-25(22)26-23)31-17-4-3-12-28-13-15-29(16-14-28)21-9-5-7-19-6-1-2-8-20(19)21/h5,7,9-11H,1-4,6,8,12-18H2,(H,26,27,30). The van der Waals surface area contributed by atoms with Crippen LogP contribution < -0.4 is 19.7 Å². The lowest BCUT2D eigenvalue weighted by Crippen LogP contribution is -2.47. The van der Waals surface area contributed by atoms with E-state index in [0.29, 0.717) is 24.1 Å². The summed E-state index contributed by atoms with van der Waals surface area (Å²) in [5, 5.41) is 2.71. The lowest BCUT2D eigenvalue weighted by atomic mass is 9.90. The van der Waals surface area contributed by atoms with Gasteiger partial charge in [-0.2, -0.15) is 4.98 Å². The van der Waals surface area contributed by atoms with Gasteiger partial charge in [0.2, 0.25) is 5.88 Å². The van der Waals surface area contributed by atoms with Crippen LogP contribution in [0, 0.1) is 0 Å². The van der Waals surface area contributed by atoms with Crippen LogP contribution in [0.5, 0.6) is 11.6 Å². The molecule has 0 atom stereocenters. The molecule has 0 spiro atoms. The fourth-order valence-corrected chi connectivity index (χ4v) is 4.91. The normalized spacial score (nSPS) is 18.4. The Bertz CT molecular complexity index is 956. The van der Waals surface area contributed by atoms with Gasteiger partial charge in [0.1, 0.15) is 0 Å². The van der Waals surface area contributed by atoms with Gasteiger partial charge in [0.15, 0.2) is 18.2 Å². The number of aromatic nitrogens is 1. The zero-order valence-electron chi connectivity index (χ0n) is 18.6. The lowest BCUT2D eigenvalue weighted by Gasteiger charge is -2.38. The molecular weight excluding hydrogens is 404 g/mol. The molecule has 3 aliphatic rings. The molecule has 1 aromatic heterocycles. The number of amides is 1. The van der Waals surface area contributed by atoms with Gasteiger partial charge in [-0.15, -0.1) is 0 Å². The van der Waals surface area contributed by atoms with Crippen molar-refractivity contribution in [2.45, 2.75) is 38.5 Å². The molecule has 2 aromatic rings. The molecule has 1 N–H and O–H groups in total. The van der Waals surface area contributed by atoms with Crippen molar-refractivity contribution < 1.29 is 14.3 Å². The topological polar surface area (TPSA) is 66.9 Å². The molecule has 0 saturated carbocycles. The highest BCUT2D eigenvalue weighted by Gasteiger charge is 2.21. The Hall–Kier alpha value is -2.80. The highest BCUT2D eigenvalue weighted by Crippen LogP contribution is 2.31. The number of nitrogens with one attached hydrogen (secondary N) is 1. The number of carbonyl (C=O) groups excluding carboxylic acids is 1. The maximum absolute atomic E-state index is 11.4. The predicted octanol–water partition coefficient (Wildman–Crippen LogP) is 3.27. The summed E-state index contributed by atoms with van der Waals surface area (Å²) >= 11 is 0. The van der Waals surface area contributed by atoms with E-state index >= 15 is 0 Å². The summed E-state index contributed by atoms with van der Waals surface area (Å²) in [4.78, 5) is 20.9. The molecule has 1 saturated heterocycles. The van der Waals surface area contributed by atoms with Crippen LogP contribution in [0.15, 0.2) is 30.3 Å². The zero-order chi connectivity index (χ0) is 21.8. The molecule has 0 radical (unpaired) electrons. The van der Waals surface area contributed by atoms with Crippen LogP contribution in [-0.2, 0) is 17.6 Å². The third-order valence-corrected chi connectivity index (χ3v) is 6.65. The third kappa shape index (κ3) is 4.83. The van der Waals surface area contributed by atoms with Crippen LogP contribution in [0.4, 0.5) is 11.5 Å². The van der Waals surface area contributed by atoms with Crippen LogP contribution in [0.2, 0.25) is 0 Å². The molecule has 1 fully saturated rings. The van der Waals surface area contributed by atoms with Crippen molar-refractivity contribution in [3.8, 4) is 11.6 Å². The van der Waals surface area contributed by atoms with Crippen LogP contribution in [0.1, 0.15) is 36.8 Å². The van der Waals surface area contributed by atoms with Crippen LogP contribution in [0.25, 0.3) is 0 Å². The largest absolute Gasteiger partial charge is 0.480 e. The molecular formula is C25H32N4O3. The average molecular weight is 437 g/mol. The van der Waals surface area contributed by atoms with E-state index in [1.165, 1.54) is 31.4 Å². The molecule has 2 aliphatic heterocycles. The average Bonchev–Trinajstić information content (AvgIpc) is 2.83. The van der Waals surface area contributed by atoms with Gasteiger partial charge in [-0.1, -0.05) is 12.1 Å². The molecule has 7 heteroatoms. The van der Waals surface area contributed by atoms with E-state index in [0.717, 1.165) is 45.6 Å². The Morgan fingerprint density at radius 3 is 2.81 bits per heavy atom. The molecule has 0 bridgehead atoms. The molecule has 1 aromatic carbocycles. The zero-order valence-corrected chi connectivity index (χ0v) is 18.6. The summed E-state index contributed by atoms with van der Waals surface area (Å²) in [6.07, 6.45) is 7.23. The Morgan fingerprint density at radius 2 is 1.91 bits per heavy atom. The lowest BCUT2D eigenvalue weighted by molar-refractivity contribution is -0.118. The number of hydrogen-bond acceptors (Lipinski definition) is 6. The van der Waals surface area contributed by atoms with Gasteiger partial charge in [-0.25, -0.2) is 0 Å². The molecule has 0 unspecified atom stereocenters. The first kappa shape index (κ1) is 21.1. The van der Waals surface area contributed by atoms with E-state index in [4.69, 9.17) is 9.47 Å². The first-order chi connectivity index (χ1) is 15.8. The Labute approximate surface area is 189 Å². The highest BCUT2D eigenvalue weighted by atomic mass is 16.5. The van der Waals surface area contributed by atoms with E-state index in [1.54, 1.807) is 23.3 Å². The smallest absolute Gasteiger partial charge is 0.263 e. The number of unbranched alkanes of at least 4 members (excludes halogenated alkanes) is 1. The van der Waals surface area contributed by atoms with Crippen molar-refractivity contribution in [2.24, 2.45) is 0 Å². The van der Waals surface area contributed by atoms with E-state index in [9.17, 15) is 4.79 Å². The maximum Gasteiger partial charge on any atom is 0.263 e. The van der Waals surface area contributed by atoms with Gasteiger partial charge >= 0.3 is 0 Å². The minimum absolute atomic E-state index is 0.0384. The summed E-state index contributed by atoms with van der Waals surface area (Å²) in [7, 11) is 0. The molecule has 1 aliphatic carbocycles. The van der Waals surface area contributed by atoms with E-state index in [1.807, 2.05) is 0 Å². The quantitative estimate of drug-likeness (QED) is 0.672. The van der Waals surface area contributed by atoms with E-state index < -0.39 is 0 Å². The fourth-order valence-electron chi connectivity index (χ4n) is 4.91. The monoisotopic (exact) mass is 436 g/mol. The van der Waals surface area contributed by atoms with Crippen molar-refractivity contribution >= 4 is 17.4 Å². The number of anilines is 2. The van der Waals surface area contributed by atoms with Crippen LogP contribution >= 0.6 is 0 Å². The second-order valence-corrected chi connectivity index (χ2v) is 8.84. The molecule has 1 amide bonds. The Balaban J connectivity index is 1.03. The number of piperazine rings is 1. The molecule has 3 heterocycles. The third-order valence-electron chi connectivity index (χ3n) is 6.65. The Kier molecular flexibility index (Phi) is 6.44. The van der Waals surface area contributed by atoms with Crippen molar-refractivity contribution in [1.82, 2.24) is 9.88 Å². The minimum Gasteiger partial charge on any atom is -0.480 e. The Morgan fingerprint density at radius 1 is 1.03 bits per heavy atom. The number of nitrogens with zero attached hydrogens (tertiary/aromatic N) is 3. The number of ether oxygens (including phenoxy) is 2. The second kappa shape index (κ2) is 9.77.